The predicted molar refractivity (Wildman–Crippen MR) is 55.2 cm³/mol. The summed E-state index contributed by atoms with van der Waals surface area (Å²) < 4.78 is 4.93. The van der Waals surface area contributed by atoms with E-state index < -0.39 is 0 Å². The minimum absolute atomic E-state index is 0.0495. The molecule has 0 bridgehead atoms. The monoisotopic (exact) mass is 193 g/mol. The molecule has 1 heterocycles. The van der Waals surface area contributed by atoms with E-state index in [1.54, 1.807) is 13.2 Å². The number of hydrogen-bond acceptors (Lipinski definition) is 4. The molecule has 0 saturated heterocycles. The number of aromatic nitrogens is 2. The highest BCUT2D eigenvalue weighted by molar-refractivity contribution is 5.20. The number of likely N-dealkylation sites (N-methyl/N-ethyl adjacent to an activating group) is 1. The fraction of sp³-hybridized carbons (Fsp3) is 0.400. The summed E-state index contributed by atoms with van der Waals surface area (Å²) in [7, 11) is 3.43. The summed E-state index contributed by atoms with van der Waals surface area (Å²) in [5.41, 5.74) is 1.85. The van der Waals surface area contributed by atoms with Crippen molar-refractivity contribution in [2.24, 2.45) is 0 Å². The third-order valence-corrected chi connectivity index (χ3v) is 1.95. The standard InChI is InChI=1S/C10H15N3O/c1-7(2)10(11-3)8-5-6-9(14-4)13-12-8/h5-6,10-11H,1H2,2-4H3. The highest BCUT2D eigenvalue weighted by atomic mass is 16.5. The first-order chi connectivity index (χ1) is 6.69. The summed E-state index contributed by atoms with van der Waals surface area (Å²) in [6.07, 6.45) is 0. The first kappa shape index (κ1) is 10.7. The predicted octanol–water partition coefficient (Wildman–Crippen LogP) is 1.32. The Labute approximate surface area is 84.0 Å². The Bertz CT molecular complexity index is 308. The van der Waals surface area contributed by atoms with Gasteiger partial charge in [0.1, 0.15) is 0 Å². The van der Waals surface area contributed by atoms with Crippen molar-refractivity contribution in [3.8, 4) is 5.88 Å². The molecule has 1 N–H and O–H groups in total. The molecule has 0 radical (unpaired) electrons. The van der Waals surface area contributed by atoms with E-state index in [4.69, 9.17) is 4.74 Å². The van der Waals surface area contributed by atoms with Crippen LogP contribution in [0.25, 0.3) is 0 Å². The van der Waals surface area contributed by atoms with Gasteiger partial charge in [-0.15, -0.1) is 10.2 Å². The average molecular weight is 193 g/mol. The molecule has 0 amide bonds. The third kappa shape index (κ3) is 2.29. The summed E-state index contributed by atoms with van der Waals surface area (Å²) in [5, 5.41) is 11.1. The largest absolute Gasteiger partial charge is 0.480 e. The maximum absolute atomic E-state index is 4.93. The lowest BCUT2D eigenvalue weighted by Crippen LogP contribution is -2.18. The van der Waals surface area contributed by atoms with Gasteiger partial charge in [0.05, 0.1) is 18.8 Å². The van der Waals surface area contributed by atoms with E-state index in [1.165, 1.54) is 0 Å². The van der Waals surface area contributed by atoms with Gasteiger partial charge in [0.15, 0.2) is 0 Å². The summed E-state index contributed by atoms with van der Waals surface area (Å²) in [6.45, 7) is 5.84. The normalized spacial score (nSPS) is 12.2. The number of rotatable bonds is 4. The van der Waals surface area contributed by atoms with Crippen LogP contribution in [0.15, 0.2) is 24.3 Å². The van der Waals surface area contributed by atoms with Gasteiger partial charge in [0.2, 0.25) is 5.88 Å². The van der Waals surface area contributed by atoms with Crippen molar-refractivity contribution in [3.63, 3.8) is 0 Å². The molecule has 0 aliphatic carbocycles. The molecule has 1 atom stereocenters. The van der Waals surface area contributed by atoms with Gasteiger partial charge < -0.3 is 10.1 Å². The lowest BCUT2D eigenvalue weighted by molar-refractivity contribution is 0.390. The maximum Gasteiger partial charge on any atom is 0.233 e. The van der Waals surface area contributed by atoms with Crippen molar-refractivity contribution >= 4 is 0 Å². The van der Waals surface area contributed by atoms with Crippen molar-refractivity contribution in [2.45, 2.75) is 13.0 Å². The van der Waals surface area contributed by atoms with Crippen LogP contribution in [0.4, 0.5) is 0 Å². The fourth-order valence-electron chi connectivity index (χ4n) is 1.24. The van der Waals surface area contributed by atoms with Crippen molar-refractivity contribution in [1.29, 1.82) is 0 Å². The Morgan fingerprint density at radius 1 is 1.50 bits per heavy atom. The first-order valence-corrected chi connectivity index (χ1v) is 4.39. The van der Waals surface area contributed by atoms with Crippen LogP contribution in [0, 0.1) is 0 Å². The van der Waals surface area contributed by atoms with Crippen LogP contribution in [-0.4, -0.2) is 24.4 Å². The molecule has 0 aromatic carbocycles. The van der Waals surface area contributed by atoms with E-state index in [1.807, 2.05) is 20.0 Å². The highest BCUT2D eigenvalue weighted by Gasteiger charge is 2.11. The number of nitrogens with one attached hydrogen (secondary N) is 1. The fourth-order valence-corrected chi connectivity index (χ4v) is 1.24. The first-order valence-electron chi connectivity index (χ1n) is 4.39. The SMILES string of the molecule is C=C(C)C(NC)c1ccc(OC)nn1. The van der Waals surface area contributed by atoms with Crippen LogP contribution >= 0.6 is 0 Å². The zero-order chi connectivity index (χ0) is 10.6. The molecule has 0 fully saturated rings. The molecule has 0 aliphatic heterocycles. The average Bonchev–Trinajstić information content (AvgIpc) is 2.19. The van der Waals surface area contributed by atoms with E-state index >= 15 is 0 Å². The van der Waals surface area contributed by atoms with Crippen LogP contribution in [-0.2, 0) is 0 Å². The Morgan fingerprint density at radius 2 is 2.21 bits per heavy atom. The molecule has 4 heteroatoms. The number of nitrogens with zero attached hydrogens (tertiary/aromatic N) is 2. The number of ether oxygens (including phenoxy) is 1. The van der Waals surface area contributed by atoms with Gasteiger partial charge >= 0.3 is 0 Å². The lowest BCUT2D eigenvalue weighted by atomic mass is 10.1. The summed E-state index contributed by atoms with van der Waals surface area (Å²) in [4.78, 5) is 0. The van der Waals surface area contributed by atoms with Gasteiger partial charge in [-0.25, -0.2) is 0 Å². The van der Waals surface area contributed by atoms with Crippen LogP contribution in [0.3, 0.4) is 0 Å². The van der Waals surface area contributed by atoms with Crippen molar-refractivity contribution in [3.05, 3.63) is 30.0 Å². The molecule has 1 aromatic rings. The molecule has 1 unspecified atom stereocenters. The van der Waals surface area contributed by atoms with E-state index in [2.05, 4.69) is 22.1 Å². The highest BCUT2D eigenvalue weighted by Crippen LogP contribution is 2.17. The zero-order valence-corrected chi connectivity index (χ0v) is 8.74. The van der Waals surface area contributed by atoms with Crippen LogP contribution in [0.5, 0.6) is 5.88 Å². The van der Waals surface area contributed by atoms with Gasteiger partial charge in [-0.2, -0.15) is 0 Å². The summed E-state index contributed by atoms with van der Waals surface area (Å²) >= 11 is 0. The van der Waals surface area contributed by atoms with Crippen LogP contribution in [0.2, 0.25) is 0 Å². The molecule has 0 saturated carbocycles. The molecule has 0 aliphatic rings. The maximum atomic E-state index is 4.93. The van der Waals surface area contributed by atoms with Gasteiger partial charge in [0, 0.05) is 6.07 Å². The Balaban J connectivity index is 2.89. The second-order valence-corrected chi connectivity index (χ2v) is 3.07. The molecule has 1 aromatic heterocycles. The van der Waals surface area contributed by atoms with Gasteiger partial charge in [0.25, 0.3) is 0 Å². The lowest BCUT2D eigenvalue weighted by Gasteiger charge is -2.14. The summed E-state index contributed by atoms with van der Waals surface area (Å²) in [5.74, 6) is 0.519. The topological polar surface area (TPSA) is 47.0 Å². The van der Waals surface area contributed by atoms with Crippen molar-refractivity contribution in [2.75, 3.05) is 14.2 Å². The number of hydrogen-bond donors (Lipinski definition) is 1. The van der Waals surface area contributed by atoms with Gasteiger partial charge in [-0.05, 0) is 20.0 Å². The molecule has 0 spiro atoms. The molecular weight excluding hydrogens is 178 g/mol. The Kier molecular flexibility index (Phi) is 3.59. The van der Waals surface area contributed by atoms with E-state index in [-0.39, 0.29) is 6.04 Å². The number of methoxy groups -OCH3 is 1. The van der Waals surface area contributed by atoms with Crippen molar-refractivity contribution in [1.82, 2.24) is 15.5 Å². The zero-order valence-electron chi connectivity index (χ0n) is 8.74. The smallest absolute Gasteiger partial charge is 0.233 e. The molecule has 1 rings (SSSR count). The third-order valence-electron chi connectivity index (χ3n) is 1.95. The molecule has 76 valence electrons. The Hall–Kier alpha value is -1.42. The second kappa shape index (κ2) is 4.72. The van der Waals surface area contributed by atoms with E-state index in [0.717, 1.165) is 11.3 Å². The van der Waals surface area contributed by atoms with Crippen LogP contribution < -0.4 is 10.1 Å². The van der Waals surface area contributed by atoms with Crippen molar-refractivity contribution < 1.29 is 4.74 Å². The minimum atomic E-state index is 0.0495. The molecule has 4 nitrogen and oxygen atoms in total. The van der Waals surface area contributed by atoms with Crippen LogP contribution in [0.1, 0.15) is 18.7 Å². The Morgan fingerprint density at radius 3 is 2.57 bits per heavy atom. The van der Waals surface area contributed by atoms with Gasteiger partial charge in [-0.1, -0.05) is 12.2 Å². The molecule has 14 heavy (non-hydrogen) atoms. The van der Waals surface area contributed by atoms with Gasteiger partial charge in [-0.3, -0.25) is 0 Å². The van der Waals surface area contributed by atoms with E-state index in [9.17, 15) is 0 Å². The van der Waals surface area contributed by atoms with E-state index in [0.29, 0.717) is 5.88 Å². The molecular formula is C10H15N3O. The summed E-state index contributed by atoms with van der Waals surface area (Å²) in [6, 6.07) is 3.71. The quantitative estimate of drug-likeness (QED) is 0.733. The minimum Gasteiger partial charge on any atom is -0.480 e. The second-order valence-electron chi connectivity index (χ2n) is 3.07.